The highest BCUT2D eigenvalue weighted by atomic mass is 35.5. The van der Waals surface area contributed by atoms with E-state index >= 15 is 0 Å². The van der Waals surface area contributed by atoms with Crippen LogP contribution >= 0.6 is 23.2 Å². The van der Waals surface area contributed by atoms with E-state index in [1.807, 2.05) is 40.9 Å². The summed E-state index contributed by atoms with van der Waals surface area (Å²) in [7, 11) is 0. The van der Waals surface area contributed by atoms with Crippen molar-refractivity contribution in [1.29, 1.82) is 0 Å². The van der Waals surface area contributed by atoms with E-state index in [1.165, 1.54) is 18.5 Å². The van der Waals surface area contributed by atoms with Crippen LogP contribution in [0.2, 0.25) is 10.0 Å². The highest BCUT2D eigenvalue weighted by Gasteiger charge is 2.31. The third kappa shape index (κ3) is 4.75. The Kier molecular flexibility index (Phi) is 6.07. The number of nitrogens with zero attached hydrogens (tertiary/aromatic N) is 4. The molecule has 0 amide bonds. The van der Waals surface area contributed by atoms with Gasteiger partial charge in [-0.25, -0.2) is 18.9 Å². The van der Waals surface area contributed by atoms with Crippen LogP contribution in [0.5, 0.6) is 0 Å². The molecule has 33 heavy (non-hydrogen) atoms. The van der Waals surface area contributed by atoms with Crippen molar-refractivity contribution in [2.45, 2.75) is 18.8 Å². The second kappa shape index (κ2) is 9.30. The second-order valence-corrected chi connectivity index (χ2v) is 8.68. The molecule has 4 nitrogen and oxygen atoms in total. The third-order valence-corrected chi connectivity index (χ3v) is 5.91. The van der Waals surface area contributed by atoms with Crippen LogP contribution in [0.3, 0.4) is 0 Å². The molecule has 3 aromatic heterocycles. The lowest BCUT2D eigenvalue weighted by Crippen LogP contribution is -1.95. The lowest BCUT2D eigenvalue weighted by Gasteiger charge is -2.08. The molecule has 3 heterocycles. The fraction of sp³-hybridized carbons (Fsp3) is 0.115. The monoisotopic (exact) mass is 476 g/mol. The smallest absolute Gasteiger partial charge is 0.123 e. The first-order chi connectivity index (χ1) is 16.1. The normalized spacial score (nSPS) is 12.9. The van der Waals surface area contributed by atoms with Crippen molar-refractivity contribution < 1.29 is 4.39 Å². The minimum Gasteiger partial charge on any atom is -0.245 e. The van der Waals surface area contributed by atoms with Crippen LogP contribution in [0.1, 0.15) is 24.5 Å². The molecule has 0 unspecified atom stereocenters. The van der Waals surface area contributed by atoms with Gasteiger partial charge in [0, 0.05) is 39.5 Å². The van der Waals surface area contributed by atoms with Gasteiger partial charge in [-0.2, -0.15) is 5.10 Å². The summed E-state index contributed by atoms with van der Waals surface area (Å²) in [6.45, 7) is 0. The van der Waals surface area contributed by atoms with Crippen molar-refractivity contribution in [1.82, 2.24) is 19.6 Å². The quantitative estimate of drug-likeness (QED) is 0.271. The molecular weight excluding hydrogens is 458 g/mol. The van der Waals surface area contributed by atoms with Gasteiger partial charge in [-0.3, -0.25) is 0 Å². The topological polar surface area (TPSA) is 43.1 Å². The maximum absolute atomic E-state index is 13.4. The van der Waals surface area contributed by atoms with E-state index in [0.29, 0.717) is 16.0 Å². The summed E-state index contributed by atoms with van der Waals surface area (Å²) in [5, 5.41) is 6.27. The number of aromatic nitrogens is 4. The van der Waals surface area contributed by atoms with E-state index in [9.17, 15) is 4.39 Å². The molecule has 0 atom stereocenters. The molecule has 1 aliphatic rings. The molecule has 0 saturated heterocycles. The lowest BCUT2D eigenvalue weighted by molar-refractivity contribution is 0.628. The van der Waals surface area contributed by atoms with Crippen molar-refractivity contribution in [3.05, 3.63) is 107 Å². The molecule has 6 rings (SSSR count). The number of pyridine rings is 1. The summed E-state index contributed by atoms with van der Waals surface area (Å²) in [5.41, 5.74) is 5.92. The molecule has 1 saturated carbocycles. The van der Waals surface area contributed by atoms with Gasteiger partial charge in [-0.05, 0) is 73.0 Å². The standard InChI is InChI=1S/C22H15Cl2FN2.C4H4N2/c23-16-7-3-14(4-8-16)21-20-12-17(24)11-19(13-5-9-18(25)10-6-13)27(20)26-22(21)15-1-2-15;1-2-5-4-6-3-1/h3-12,15H,1-2H2;1-4H. The Labute approximate surface area is 200 Å². The minimum absolute atomic E-state index is 0.266. The Morgan fingerprint density at radius 1 is 0.818 bits per heavy atom. The summed E-state index contributed by atoms with van der Waals surface area (Å²) < 4.78 is 15.3. The average Bonchev–Trinajstić information content (AvgIpc) is 3.62. The number of rotatable bonds is 3. The average molecular weight is 477 g/mol. The fourth-order valence-corrected chi connectivity index (χ4v) is 4.10. The van der Waals surface area contributed by atoms with Gasteiger partial charge >= 0.3 is 0 Å². The Hall–Kier alpha value is -3.28. The fourth-order valence-electron chi connectivity index (χ4n) is 3.76. The zero-order valence-corrected chi connectivity index (χ0v) is 19.0. The molecule has 0 bridgehead atoms. The zero-order chi connectivity index (χ0) is 22.8. The Morgan fingerprint density at radius 2 is 1.48 bits per heavy atom. The molecule has 5 aromatic rings. The first-order valence-electron chi connectivity index (χ1n) is 10.5. The summed E-state index contributed by atoms with van der Waals surface area (Å²) >= 11 is 12.5. The number of halogens is 3. The Morgan fingerprint density at radius 3 is 2.06 bits per heavy atom. The van der Waals surface area contributed by atoms with E-state index in [0.717, 1.165) is 46.4 Å². The molecule has 0 spiro atoms. The van der Waals surface area contributed by atoms with Crippen LogP contribution in [-0.4, -0.2) is 19.6 Å². The second-order valence-electron chi connectivity index (χ2n) is 7.81. The van der Waals surface area contributed by atoms with Gasteiger partial charge in [0.05, 0.1) is 16.9 Å². The summed E-state index contributed by atoms with van der Waals surface area (Å²) in [5.74, 6) is 0.202. The molecule has 2 aromatic carbocycles. The summed E-state index contributed by atoms with van der Waals surface area (Å²) in [6.07, 6.45) is 7.16. The lowest BCUT2D eigenvalue weighted by atomic mass is 10.0. The number of hydrogen-bond donors (Lipinski definition) is 0. The molecular formula is C26H19Cl2FN4. The molecule has 0 N–H and O–H groups in total. The van der Waals surface area contributed by atoms with Crippen LogP contribution in [0.15, 0.2) is 85.5 Å². The summed E-state index contributed by atoms with van der Waals surface area (Å²) in [4.78, 5) is 7.35. The van der Waals surface area contributed by atoms with Gasteiger partial charge in [-0.15, -0.1) is 0 Å². The van der Waals surface area contributed by atoms with Gasteiger partial charge in [0.15, 0.2) is 0 Å². The molecule has 164 valence electrons. The van der Waals surface area contributed by atoms with E-state index in [-0.39, 0.29) is 5.82 Å². The first kappa shape index (κ1) is 21.6. The number of hydrogen-bond acceptors (Lipinski definition) is 3. The third-order valence-electron chi connectivity index (χ3n) is 5.44. The molecule has 0 radical (unpaired) electrons. The van der Waals surface area contributed by atoms with Crippen LogP contribution in [0.25, 0.3) is 27.9 Å². The Balaban J connectivity index is 0.000000332. The Bertz CT molecular complexity index is 1350. The van der Waals surface area contributed by atoms with Crippen molar-refractivity contribution in [2.24, 2.45) is 0 Å². The number of benzene rings is 2. The van der Waals surface area contributed by atoms with Gasteiger partial charge in [0.1, 0.15) is 12.1 Å². The molecule has 1 aliphatic carbocycles. The summed E-state index contributed by atoms with van der Waals surface area (Å²) in [6, 6.07) is 19.8. The maximum Gasteiger partial charge on any atom is 0.123 e. The predicted molar refractivity (Wildman–Crippen MR) is 130 cm³/mol. The van der Waals surface area contributed by atoms with Crippen LogP contribution in [-0.2, 0) is 0 Å². The van der Waals surface area contributed by atoms with Crippen LogP contribution in [0.4, 0.5) is 4.39 Å². The van der Waals surface area contributed by atoms with E-state index in [1.54, 1.807) is 30.6 Å². The van der Waals surface area contributed by atoms with Crippen LogP contribution < -0.4 is 0 Å². The highest BCUT2D eigenvalue weighted by Crippen LogP contribution is 2.46. The van der Waals surface area contributed by atoms with Crippen molar-refractivity contribution in [3.63, 3.8) is 0 Å². The number of fused-ring (bicyclic) bond motifs is 1. The van der Waals surface area contributed by atoms with Crippen molar-refractivity contribution >= 4 is 28.7 Å². The maximum atomic E-state index is 13.4. The highest BCUT2D eigenvalue weighted by molar-refractivity contribution is 6.31. The van der Waals surface area contributed by atoms with Gasteiger partial charge in [0.2, 0.25) is 0 Å². The van der Waals surface area contributed by atoms with E-state index in [4.69, 9.17) is 28.3 Å². The van der Waals surface area contributed by atoms with Gasteiger partial charge < -0.3 is 0 Å². The van der Waals surface area contributed by atoms with Crippen molar-refractivity contribution in [3.8, 4) is 22.4 Å². The van der Waals surface area contributed by atoms with Crippen LogP contribution in [0, 0.1) is 5.82 Å². The van der Waals surface area contributed by atoms with E-state index in [2.05, 4.69) is 9.97 Å². The molecule has 1 fully saturated rings. The molecule has 0 aliphatic heterocycles. The molecule has 7 heteroatoms. The largest absolute Gasteiger partial charge is 0.245 e. The van der Waals surface area contributed by atoms with Crippen molar-refractivity contribution in [2.75, 3.05) is 0 Å². The first-order valence-corrected chi connectivity index (χ1v) is 11.3. The van der Waals surface area contributed by atoms with Gasteiger partial charge in [0.25, 0.3) is 0 Å². The minimum atomic E-state index is -0.266. The SMILES string of the molecule is Fc1ccc(-c2cc(Cl)cc3c(-c4ccc(Cl)cc4)c(C4CC4)nn23)cc1.c1cncnc1. The zero-order valence-electron chi connectivity index (χ0n) is 17.5. The van der Waals surface area contributed by atoms with E-state index < -0.39 is 0 Å². The predicted octanol–water partition coefficient (Wildman–Crippen LogP) is 7.47. The van der Waals surface area contributed by atoms with Gasteiger partial charge in [-0.1, -0.05) is 35.3 Å².